The summed E-state index contributed by atoms with van der Waals surface area (Å²) in [6.45, 7) is 13.8. The minimum absolute atomic E-state index is 0.00287. The Morgan fingerprint density at radius 3 is 1.45 bits per heavy atom. The lowest BCUT2D eigenvalue weighted by molar-refractivity contribution is -0.147. The molecule has 0 aromatic heterocycles. The average molecular weight is 563 g/mol. The first-order valence-corrected chi connectivity index (χ1v) is 13.8. The van der Waals surface area contributed by atoms with Crippen molar-refractivity contribution in [1.29, 1.82) is 0 Å². The van der Waals surface area contributed by atoms with Crippen molar-refractivity contribution >= 4 is 43.8 Å². The van der Waals surface area contributed by atoms with Gasteiger partial charge in [0, 0.05) is 6.66 Å². The minimum Gasteiger partial charge on any atom is -0.463 e. The van der Waals surface area contributed by atoms with Crippen LogP contribution in [0, 0.1) is 0 Å². The molecule has 0 N–H and O–H groups in total. The van der Waals surface area contributed by atoms with Gasteiger partial charge in [-0.1, -0.05) is 0 Å². The van der Waals surface area contributed by atoms with Crippen LogP contribution < -0.4 is 0 Å². The lowest BCUT2D eigenvalue weighted by Gasteiger charge is -2.19. The first-order valence-electron chi connectivity index (χ1n) is 9.64. The van der Waals surface area contributed by atoms with Gasteiger partial charge in [-0.25, -0.2) is 18.4 Å². The van der Waals surface area contributed by atoms with E-state index in [9.17, 15) is 22.9 Å². The molecular weight excluding hydrogens is 528 g/mol. The zero-order valence-electron chi connectivity index (χ0n) is 19.1. The molecule has 0 spiro atoms. The van der Waals surface area contributed by atoms with Gasteiger partial charge in [-0.3, -0.25) is 4.57 Å². The molecule has 31 heavy (non-hydrogen) atoms. The van der Waals surface area contributed by atoms with Gasteiger partial charge >= 0.3 is 19.5 Å². The Morgan fingerprint density at radius 1 is 0.806 bits per heavy atom. The highest BCUT2D eigenvalue weighted by molar-refractivity contribution is 9.09. The number of esters is 2. The Labute approximate surface area is 193 Å². The van der Waals surface area contributed by atoms with Crippen LogP contribution in [0.15, 0.2) is 0 Å². The summed E-state index contributed by atoms with van der Waals surface area (Å²) in [6.07, 6.45) is 0. The lowest BCUT2D eigenvalue weighted by Crippen LogP contribution is -2.21. The molecule has 0 saturated carbocycles. The van der Waals surface area contributed by atoms with Crippen LogP contribution in [0.4, 0.5) is 8.78 Å². The van der Waals surface area contributed by atoms with Crippen molar-refractivity contribution < 1.29 is 50.5 Å². The number of hydrogen-bond donors (Lipinski definition) is 0. The van der Waals surface area contributed by atoms with Crippen LogP contribution in [-0.4, -0.2) is 69.2 Å². The second-order valence-corrected chi connectivity index (χ2v) is 9.04. The molecule has 0 radical (unpaired) electrons. The van der Waals surface area contributed by atoms with Gasteiger partial charge in [0.15, 0.2) is 8.38 Å². The fourth-order valence-corrected chi connectivity index (χ4v) is 3.80. The van der Waals surface area contributed by atoms with Crippen molar-refractivity contribution in [3.8, 4) is 0 Å². The van der Waals surface area contributed by atoms with E-state index in [1.54, 1.807) is 6.92 Å². The van der Waals surface area contributed by atoms with Crippen LogP contribution in [0.25, 0.3) is 0 Å². The van der Waals surface area contributed by atoms with Crippen molar-refractivity contribution in [3.05, 3.63) is 0 Å². The Hall–Kier alpha value is -0.220. The maximum Gasteiger partial charge on any atom is 0.376 e. The van der Waals surface area contributed by atoms with Crippen molar-refractivity contribution in [2.45, 2.75) is 52.5 Å². The molecule has 0 bridgehead atoms. The number of alkyl halides is 3. The summed E-state index contributed by atoms with van der Waals surface area (Å²) in [4.78, 5) is 21.1. The van der Waals surface area contributed by atoms with Gasteiger partial charge < -0.3 is 27.6 Å². The molecule has 0 aliphatic rings. The third-order valence-corrected chi connectivity index (χ3v) is 6.08. The highest BCUT2D eigenvalue weighted by Crippen LogP contribution is 2.53. The molecular formula is C17H35BrF2O9P2. The summed E-state index contributed by atoms with van der Waals surface area (Å²) in [6, 6.07) is 0. The SMILES string of the molecule is CCOC(=O)C(F)Br.CCOC(=O)C(F)P(=O)(OCC)OCC.CCOP(C)OCC. The second kappa shape index (κ2) is 23.0. The summed E-state index contributed by atoms with van der Waals surface area (Å²) >= 11 is 2.40. The Morgan fingerprint density at radius 2 is 1.19 bits per heavy atom. The van der Waals surface area contributed by atoms with Crippen LogP contribution >= 0.6 is 31.9 Å². The molecule has 0 fully saturated rings. The number of rotatable bonds is 13. The Kier molecular flexibility index (Phi) is 26.2. The summed E-state index contributed by atoms with van der Waals surface area (Å²) in [5.74, 6) is -4.47. The fourth-order valence-electron chi connectivity index (χ4n) is 1.47. The molecule has 9 nitrogen and oxygen atoms in total. The van der Waals surface area contributed by atoms with Crippen LogP contribution in [0.1, 0.15) is 41.5 Å². The fraction of sp³-hybridized carbons (Fsp3) is 0.882. The molecule has 0 saturated heterocycles. The number of hydrogen-bond acceptors (Lipinski definition) is 9. The third-order valence-electron chi connectivity index (χ3n) is 2.46. The summed E-state index contributed by atoms with van der Waals surface area (Å²) in [5.41, 5.74) is 0. The summed E-state index contributed by atoms with van der Waals surface area (Å²) in [7, 11) is -4.62. The molecule has 0 rings (SSSR count). The van der Waals surface area contributed by atoms with Crippen molar-refractivity contribution in [2.24, 2.45) is 0 Å². The Bertz CT molecular complexity index is 486. The van der Waals surface area contributed by atoms with Gasteiger partial charge in [0.2, 0.25) is 0 Å². The third kappa shape index (κ3) is 20.1. The van der Waals surface area contributed by atoms with E-state index in [4.69, 9.17) is 9.05 Å². The van der Waals surface area contributed by atoms with Gasteiger partial charge in [0.1, 0.15) is 0 Å². The van der Waals surface area contributed by atoms with E-state index in [0.29, 0.717) is 0 Å². The number of carbonyl (C=O) groups excluding carboxylic acids is 2. The van der Waals surface area contributed by atoms with E-state index in [1.807, 2.05) is 20.5 Å². The molecule has 2 unspecified atom stereocenters. The predicted octanol–water partition coefficient (Wildman–Crippen LogP) is 5.35. The number of halogens is 3. The maximum atomic E-state index is 13.4. The lowest BCUT2D eigenvalue weighted by atomic mass is 10.7. The van der Waals surface area contributed by atoms with E-state index in [-0.39, 0.29) is 26.4 Å². The molecule has 0 aromatic carbocycles. The molecule has 0 heterocycles. The molecule has 0 aliphatic heterocycles. The van der Waals surface area contributed by atoms with E-state index in [0.717, 1.165) is 13.2 Å². The van der Waals surface area contributed by atoms with Gasteiger partial charge in [0.05, 0.1) is 39.6 Å². The Balaban J connectivity index is -0.000000415. The average Bonchev–Trinajstić information content (AvgIpc) is 2.69. The molecule has 0 aromatic rings. The highest BCUT2D eigenvalue weighted by Gasteiger charge is 2.42. The van der Waals surface area contributed by atoms with Crippen LogP contribution in [-0.2, 0) is 41.7 Å². The van der Waals surface area contributed by atoms with Crippen LogP contribution in [0.5, 0.6) is 0 Å². The van der Waals surface area contributed by atoms with E-state index in [2.05, 4.69) is 34.5 Å². The van der Waals surface area contributed by atoms with E-state index >= 15 is 0 Å². The monoisotopic (exact) mass is 562 g/mol. The minimum atomic E-state index is -4.04. The number of ether oxygens (including phenoxy) is 2. The smallest absolute Gasteiger partial charge is 0.376 e. The zero-order chi connectivity index (χ0) is 24.9. The quantitative estimate of drug-likeness (QED) is 0.167. The van der Waals surface area contributed by atoms with Crippen LogP contribution in [0.3, 0.4) is 0 Å². The maximum absolute atomic E-state index is 13.4. The van der Waals surface area contributed by atoms with Crippen molar-refractivity contribution in [1.82, 2.24) is 0 Å². The normalized spacial score (nSPS) is 12.6. The predicted molar refractivity (Wildman–Crippen MR) is 119 cm³/mol. The van der Waals surface area contributed by atoms with Gasteiger partial charge in [-0.05, 0) is 57.5 Å². The molecule has 14 heteroatoms. The van der Waals surface area contributed by atoms with E-state index < -0.39 is 38.9 Å². The molecule has 188 valence electrons. The van der Waals surface area contributed by atoms with Gasteiger partial charge in [-0.15, -0.1) is 0 Å². The zero-order valence-corrected chi connectivity index (χ0v) is 22.5. The first kappa shape index (κ1) is 35.4. The van der Waals surface area contributed by atoms with Gasteiger partial charge in [0.25, 0.3) is 11.0 Å². The van der Waals surface area contributed by atoms with E-state index in [1.165, 1.54) is 20.8 Å². The first-order chi connectivity index (χ1) is 14.5. The topological polar surface area (TPSA) is 107 Å². The summed E-state index contributed by atoms with van der Waals surface area (Å²) < 4.78 is 65.1. The van der Waals surface area contributed by atoms with Crippen molar-refractivity contribution in [3.63, 3.8) is 0 Å². The number of carbonyl (C=O) groups is 2. The standard InChI is InChI=1S/C8H16FO5P.C5H13O2P.C4H6BrFO2/c1-4-12-8(10)7(9)15(11,13-5-2)14-6-3;1-4-6-8(3)7-5-2;1-2-8-4(7)3(5)6/h7H,4-6H2,1-3H3;4-5H2,1-3H3;3H,2H2,1H3. The molecule has 0 aliphatic carbocycles. The second-order valence-electron chi connectivity index (χ2n) is 4.79. The van der Waals surface area contributed by atoms with Crippen molar-refractivity contribution in [2.75, 3.05) is 46.3 Å². The van der Waals surface area contributed by atoms with Crippen LogP contribution in [0.2, 0.25) is 0 Å². The largest absolute Gasteiger partial charge is 0.463 e. The molecule has 2 atom stereocenters. The summed E-state index contributed by atoms with van der Waals surface area (Å²) in [5, 5.41) is -1.68. The highest BCUT2D eigenvalue weighted by atomic mass is 79.9. The van der Waals surface area contributed by atoms with Gasteiger partial charge in [-0.2, -0.15) is 0 Å². The molecule has 0 amide bonds.